The van der Waals surface area contributed by atoms with E-state index in [2.05, 4.69) is 45.9 Å². The van der Waals surface area contributed by atoms with Gasteiger partial charge >= 0.3 is 0 Å². The van der Waals surface area contributed by atoms with Crippen LogP contribution in [0.4, 0.5) is 11.5 Å². The van der Waals surface area contributed by atoms with Crippen LogP contribution in [0.15, 0.2) is 36.5 Å². The minimum atomic E-state index is 0.301. The number of hydrogen-bond acceptors (Lipinski definition) is 5. The van der Waals surface area contributed by atoms with Gasteiger partial charge in [-0.2, -0.15) is 0 Å². The lowest BCUT2D eigenvalue weighted by molar-refractivity contribution is 0.0699. The van der Waals surface area contributed by atoms with E-state index < -0.39 is 0 Å². The average Bonchev–Trinajstić information content (AvgIpc) is 2.80. The molecule has 2 heterocycles. The summed E-state index contributed by atoms with van der Waals surface area (Å²) >= 11 is 6.51. The molecule has 6 heteroatoms. The summed E-state index contributed by atoms with van der Waals surface area (Å²) in [5.41, 5.74) is 3.20. The summed E-state index contributed by atoms with van der Waals surface area (Å²) in [6.45, 7) is 3.02. The molecule has 5 nitrogen and oxygen atoms in total. The first kappa shape index (κ1) is 21.4. The largest absolute Gasteiger partial charge is 0.396 e. The van der Waals surface area contributed by atoms with Crippen LogP contribution in [-0.2, 0) is 4.74 Å². The number of hydrogen-bond donors (Lipinski definition) is 3. The normalized spacial score (nSPS) is 22.6. The highest BCUT2D eigenvalue weighted by Gasteiger charge is 2.21. The predicted molar refractivity (Wildman–Crippen MR) is 123 cm³/mol. The molecule has 2 aliphatic rings. The minimum Gasteiger partial charge on any atom is -0.396 e. The lowest BCUT2D eigenvalue weighted by atomic mass is 9.86. The lowest BCUT2D eigenvalue weighted by Gasteiger charge is -2.28. The summed E-state index contributed by atoms with van der Waals surface area (Å²) in [4.78, 5) is 4.50. The quantitative estimate of drug-likeness (QED) is 0.564. The highest BCUT2D eigenvalue weighted by Crippen LogP contribution is 2.32. The zero-order valence-corrected chi connectivity index (χ0v) is 18.2. The molecule has 1 saturated carbocycles. The van der Waals surface area contributed by atoms with E-state index in [-0.39, 0.29) is 0 Å². The van der Waals surface area contributed by atoms with Crippen molar-refractivity contribution in [2.45, 2.75) is 44.6 Å². The maximum atomic E-state index is 9.34. The molecule has 162 valence electrons. The Hall–Kier alpha value is -1.82. The Kier molecular flexibility index (Phi) is 7.47. The second-order valence-electron chi connectivity index (χ2n) is 8.61. The van der Waals surface area contributed by atoms with Crippen molar-refractivity contribution in [2.75, 3.05) is 37.0 Å². The van der Waals surface area contributed by atoms with E-state index in [1.165, 1.54) is 0 Å². The molecule has 3 N–H and O–H groups in total. The van der Waals surface area contributed by atoms with Crippen LogP contribution in [0.3, 0.4) is 0 Å². The van der Waals surface area contributed by atoms with Crippen molar-refractivity contribution in [3.8, 4) is 11.1 Å². The molecule has 0 unspecified atom stereocenters. The molecule has 2 aromatic rings. The maximum absolute atomic E-state index is 9.34. The Morgan fingerprint density at radius 3 is 2.60 bits per heavy atom. The summed E-state index contributed by atoms with van der Waals surface area (Å²) in [6.07, 6.45) is 8.24. The molecule has 30 heavy (non-hydrogen) atoms. The second kappa shape index (κ2) is 10.5. The third kappa shape index (κ3) is 5.65. The fourth-order valence-corrected chi connectivity index (χ4v) is 4.66. The van der Waals surface area contributed by atoms with Crippen LogP contribution >= 0.6 is 11.6 Å². The van der Waals surface area contributed by atoms with E-state index in [0.29, 0.717) is 29.5 Å². The molecule has 1 aliphatic heterocycles. The van der Waals surface area contributed by atoms with Crippen LogP contribution in [-0.4, -0.2) is 42.5 Å². The molecule has 1 aromatic heterocycles. The van der Waals surface area contributed by atoms with Crippen LogP contribution in [0.1, 0.15) is 38.5 Å². The molecular formula is C24H32ClN3O2. The van der Waals surface area contributed by atoms with Crippen molar-refractivity contribution in [2.24, 2.45) is 11.8 Å². The zero-order valence-electron chi connectivity index (χ0n) is 17.4. The number of nitrogens with zero attached hydrogens (tertiary/aromatic N) is 1. The summed E-state index contributed by atoms with van der Waals surface area (Å²) in [7, 11) is 0. The van der Waals surface area contributed by atoms with E-state index in [0.717, 1.165) is 80.9 Å². The van der Waals surface area contributed by atoms with Gasteiger partial charge in [-0.25, -0.2) is 4.98 Å². The van der Waals surface area contributed by atoms with E-state index in [4.69, 9.17) is 16.3 Å². The molecule has 0 radical (unpaired) electrons. The van der Waals surface area contributed by atoms with E-state index >= 15 is 0 Å². The first-order valence-corrected chi connectivity index (χ1v) is 11.5. The zero-order chi connectivity index (χ0) is 20.8. The number of nitrogens with one attached hydrogen (secondary N) is 2. The lowest BCUT2D eigenvalue weighted by Crippen LogP contribution is -2.27. The number of rotatable bonds is 7. The SMILES string of the molecule is OC[C@H]1CC[C@H](Nc2cc(-c3cccc(NCC4CCOCC4)c3)c(Cl)cn2)CC1. The van der Waals surface area contributed by atoms with Gasteiger partial charge in [-0.05, 0) is 74.1 Å². The molecule has 0 amide bonds. The number of aliphatic hydroxyl groups excluding tert-OH is 1. The molecule has 1 saturated heterocycles. The Morgan fingerprint density at radius 1 is 1.03 bits per heavy atom. The van der Waals surface area contributed by atoms with Crippen molar-refractivity contribution in [1.82, 2.24) is 4.98 Å². The Morgan fingerprint density at radius 2 is 1.83 bits per heavy atom. The third-order valence-electron chi connectivity index (χ3n) is 6.42. The number of aromatic nitrogens is 1. The van der Waals surface area contributed by atoms with Crippen LogP contribution in [0.25, 0.3) is 11.1 Å². The van der Waals surface area contributed by atoms with Crippen molar-refractivity contribution >= 4 is 23.1 Å². The first-order chi connectivity index (χ1) is 14.7. The van der Waals surface area contributed by atoms with Crippen molar-refractivity contribution in [3.63, 3.8) is 0 Å². The van der Waals surface area contributed by atoms with Crippen molar-refractivity contribution < 1.29 is 9.84 Å². The molecule has 4 rings (SSSR count). The van der Waals surface area contributed by atoms with Gasteiger partial charge < -0.3 is 20.5 Å². The van der Waals surface area contributed by atoms with Crippen LogP contribution in [0.5, 0.6) is 0 Å². The fraction of sp³-hybridized carbons (Fsp3) is 0.542. The summed E-state index contributed by atoms with van der Waals surface area (Å²) in [6, 6.07) is 10.9. The van der Waals surface area contributed by atoms with E-state index in [1.807, 2.05) is 0 Å². The molecule has 0 atom stereocenters. The minimum absolute atomic E-state index is 0.301. The first-order valence-electron chi connectivity index (χ1n) is 11.2. The fourth-order valence-electron chi connectivity index (χ4n) is 4.45. The highest BCUT2D eigenvalue weighted by atomic mass is 35.5. The van der Waals surface area contributed by atoms with E-state index in [9.17, 15) is 5.11 Å². The number of pyridine rings is 1. The van der Waals surface area contributed by atoms with Gasteiger partial charge in [-0.15, -0.1) is 0 Å². The Bertz CT molecular complexity index is 818. The molecule has 0 bridgehead atoms. The Labute approximate surface area is 184 Å². The molecule has 2 fully saturated rings. The predicted octanol–water partition coefficient (Wildman–Crippen LogP) is 5.20. The number of aliphatic hydroxyl groups is 1. The van der Waals surface area contributed by atoms with Crippen molar-refractivity contribution in [1.29, 1.82) is 0 Å². The summed E-state index contributed by atoms with van der Waals surface area (Å²) in [5, 5.41) is 17.1. The van der Waals surface area contributed by atoms with E-state index in [1.54, 1.807) is 6.20 Å². The highest BCUT2D eigenvalue weighted by molar-refractivity contribution is 6.33. The van der Waals surface area contributed by atoms with Gasteiger partial charge in [0.15, 0.2) is 0 Å². The van der Waals surface area contributed by atoms with Gasteiger partial charge in [0.25, 0.3) is 0 Å². The molecular weight excluding hydrogens is 398 g/mol. The number of anilines is 2. The summed E-state index contributed by atoms with van der Waals surface area (Å²) < 4.78 is 5.45. The van der Waals surface area contributed by atoms with Gasteiger partial charge in [-0.3, -0.25) is 0 Å². The van der Waals surface area contributed by atoms with Crippen LogP contribution in [0, 0.1) is 11.8 Å². The molecule has 1 aromatic carbocycles. The average molecular weight is 430 g/mol. The number of benzene rings is 1. The maximum Gasteiger partial charge on any atom is 0.126 e. The number of halogens is 1. The monoisotopic (exact) mass is 429 g/mol. The van der Waals surface area contributed by atoms with Gasteiger partial charge in [0, 0.05) is 49.9 Å². The van der Waals surface area contributed by atoms with Crippen LogP contribution in [0.2, 0.25) is 5.02 Å². The topological polar surface area (TPSA) is 66.4 Å². The van der Waals surface area contributed by atoms with Gasteiger partial charge in [0.2, 0.25) is 0 Å². The standard InChI is InChI=1S/C24H32ClN3O2/c25-23-15-27-24(28-20-6-4-18(16-29)5-7-20)13-22(23)19-2-1-3-21(12-19)26-14-17-8-10-30-11-9-17/h1-3,12-13,15,17-18,20,26,29H,4-11,14,16H2,(H,27,28)/t18-,20-. The summed E-state index contributed by atoms with van der Waals surface area (Å²) in [5.74, 6) is 1.99. The van der Waals surface area contributed by atoms with Gasteiger partial charge in [0.05, 0.1) is 5.02 Å². The van der Waals surface area contributed by atoms with Crippen LogP contribution < -0.4 is 10.6 Å². The smallest absolute Gasteiger partial charge is 0.126 e. The second-order valence-corrected chi connectivity index (χ2v) is 9.02. The van der Waals surface area contributed by atoms with Gasteiger partial charge in [0.1, 0.15) is 5.82 Å². The third-order valence-corrected chi connectivity index (χ3v) is 6.72. The van der Waals surface area contributed by atoms with Gasteiger partial charge in [-0.1, -0.05) is 23.7 Å². The number of ether oxygens (including phenoxy) is 1. The molecule has 0 spiro atoms. The Balaban J connectivity index is 1.42. The molecule has 1 aliphatic carbocycles. The van der Waals surface area contributed by atoms with Crippen molar-refractivity contribution in [3.05, 3.63) is 41.6 Å².